The van der Waals surface area contributed by atoms with Crippen LogP contribution < -0.4 is 10.1 Å². The molecule has 0 atom stereocenters. The zero-order valence-electron chi connectivity index (χ0n) is 13.7. The van der Waals surface area contributed by atoms with Gasteiger partial charge in [-0.15, -0.1) is 0 Å². The van der Waals surface area contributed by atoms with Crippen LogP contribution >= 0.6 is 0 Å². The number of hydrogen-bond donors (Lipinski definition) is 2. The Morgan fingerprint density at radius 1 is 1.00 bits per heavy atom. The zero-order chi connectivity index (χ0) is 15.8. The van der Waals surface area contributed by atoms with E-state index in [0.717, 1.165) is 31.7 Å². The standard InChI is InChI=1S/C20H22N2O/c1-13-11-15(23-2)4-5-16(13)14-3-6-19-18(12-14)17-7-9-21-10-8-20(17)22-19/h3-6,11-12,21-22H,7-10H2,1-2H3. The van der Waals surface area contributed by atoms with Crippen LogP contribution in [0.4, 0.5) is 0 Å². The summed E-state index contributed by atoms with van der Waals surface area (Å²) < 4.78 is 5.32. The summed E-state index contributed by atoms with van der Waals surface area (Å²) >= 11 is 0. The predicted molar refractivity (Wildman–Crippen MR) is 95.3 cm³/mol. The fourth-order valence-corrected chi connectivity index (χ4v) is 3.61. The van der Waals surface area contributed by atoms with Gasteiger partial charge >= 0.3 is 0 Å². The first-order valence-electron chi connectivity index (χ1n) is 8.25. The highest BCUT2D eigenvalue weighted by Crippen LogP contribution is 2.32. The lowest BCUT2D eigenvalue weighted by atomic mass is 9.97. The lowest BCUT2D eigenvalue weighted by Crippen LogP contribution is -2.16. The topological polar surface area (TPSA) is 37.0 Å². The van der Waals surface area contributed by atoms with Gasteiger partial charge in [0.15, 0.2) is 0 Å². The van der Waals surface area contributed by atoms with Crippen LogP contribution in [0.25, 0.3) is 22.0 Å². The number of methoxy groups -OCH3 is 1. The van der Waals surface area contributed by atoms with Crippen LogP contribution in [-0.2, 0) is 12.8 Å². The van der Waals surface area contributed by atoms with E-state index in [0.29, 0.717) is 0 Å². The van der Waals surface area contributed by atoms with E-state index in [2.05, 4.69) is 47.6 Å². The molecule has 0 unspecified atom stereocenters. The van der Waals surface area contributed by atoms with Crippen LogP contribution in [0.5, 0.6) is 5.75 Å². The van der Waals surface area contributed by atoms with E-state index >= 15 is 0 Å². The van der Waals surface area contributed by atoms with Gasteiger partial charge in [-0.05, 0) is 66.4 Å². The van der Waals surface area contributed by atoms with Gasteiger partial charge in [0.1, 0.15) is 5.75 Å². The van der Waals surface area contributed by atoms with Gasteiger partial charge < -0.3 is 15.0 Å². The van der Waals surface area contributed by atoms with E-state index < -0.39 is 0 Å². The second-order valence-corrected chi connectivity index (χ2v) is 6.27. The average molecular weight is 306 g/mol. The highest BCUT2D eigenvalue weighted by atomic mass is 16.5. The van der Waals surface area contributed by atoms with Crippen molar-refractivity contribution in [2.45, 2.75) is 19.8 Å². The normalized spacial score (nSPS) is 14.5. The number of ether oxygens (including phenoxy) is 1. The number of benzene rings is 2. The number of hydrogen-bond acceptors (Lipinski definition) is 2. The molecule has 1 aliphatic rings. The summed E-state index contributed by atoms with van der Waals surface area (Å²) in [5.41, 5.74) is 7.93. The maximum Gasteiger partial charge on any atom is 0.119 e. The van der Waals surface area contributed by atoms with Gasteiger partial charge in [0.25, 0.3) is 0 Å². The molecule has 2 heterocycles. The summed E-state index contributed by atoms with van der Waals surface area (Å²) in [6, 6.07) is 13.1. The molecule has 3 aromatic rings. The first kappa shape index (κ1) is 14.3. The van der Waals surface area contributed by atoms with Crippen molar-refractivity contribution in [3.05, 3.63) is 53.2 Å². The van der Waals surface area contributed by atoms with Crippen molar-refractivity contribution in [1.29, 1.82) is 0 Å². The second kappa shape index (κ2) is 5.74. The quantitative estimate of drug-likeness (QED) is 0.755. The lowest BCUT2D eigenvalue weighted by molar-refractivity contribution is 0.414. The third-order valence-corrected chi connectivity index (χ3v) is 4.84. The van der Waals surface area contributed by atoms with E-state index in [1.165, 1.54) is 38.9 Å². The Hall–Kier alpha value is -2.26. The van der Waals surface area contributed by atoms with Crippen molar-refractivity contribution in [1.82, 2.24) is 10.3 Å². The molecule has 0 saturated heterocycles. The molecule has 0 bridgehead atoms. The number of aromatic nitrogens is 1. The molecule has 0 fully saturated rings. The molecule has 0 saturated carbocycles. The van der Waals surface area contributed by atoms with E-state index in [1.807, 2.05) is 6.07 Å². The SMILES string of the molecule is COc1ccc(-c2ccc3[nH]c4c(c3c2)CCNCC4)c(C)c1. The van der Waals surface area contributed by atoms with Gasteiger partial charge in [-0.2, -0.15) is 0 Å². The Bertz CT molecular complexity index is 863. The van der Waals surface area contributed by atoms with Crippen molar-refractivity contribution < 1.29 is 4.74 Å². The smallest absolute Gasteiger partial charge is 0.119 e. The molecule has 3 nitrogen and oxygen atoms in total. The number of rotatable bonds is 2. The van der Waals surface area contributed by atoms with E-state index in [4.69, 9.17) is 4.74 Å². The minimum Gasteiger partial charge on any atom is -0.497 e. The highest BCUT2D eigenvalue weighted by molar-refractivity contribution is 5.89. The molecule has 1 aromatic heterocycles. The molecule has 4 rings (SSSR count). The van der Waals surface area contributed by atoms with Crippen LogP contribution in [0.1, 0.15) is 16.8 Å². The molecule has 0 radical (unpaired) electrons. The largest absolute Gasteiger partial charge is 0.497 e. The monoisotopic (exact) mass is 306 g/mol. The highest BCUT2D eigenvalue weighted by Gasteiger charge is 2.15. The molecule has 0 amide bonds. The Morgan fingerprint density at radius 3 is 2.70 bits per heavy atom. The fraction of sp³-hybridized carbons (Fsp3) is 0.300. The van der Waals surface area contributed by atoms with Crippen LogP contribution in [-0.4, -0.2) is 25.2 Å². The Balaban J connectivity index is 1.84. The van der Waals surface area contributed by atoms with Crippen molar-refractivity contribution in [3.8, 4) is 16.9 Å². The fourth-order valence-electron chi connectivity index (χ4n) is 3.61. The van der Waals surface area contributed by atoms with Crippen LogP contribution in [0.2, 0.25) is 0 Å². The zero-order valence-corrected chi connectivity index (χ0v) is 13.7. The first-order chi connectivity index (χ1) is 11.3. The van der Waals surface area contributed by atoms with Gasteiger partial charge in [-0.3, -0.25) is 0 Å². The summed E-state index contributed by atoms with van der Waals surface area (Å²) in [5, 5.41) is 4.85. The molecule has 3 heteroatoms. The van der Waals surface area contributed by atoms with E-state index in [-0.39, 0.29) is 0 Å². The maximum atomic E-state index is 5.32. The van der Waals surface area contributed by atoms with Crippen molar-refractivity contribution in [3.63, 3.8) is 0 Å². The number of H-pyrrole nitrogens is 1. The summed E-state index contributed by atoms with van der Waals surface area (Å²) in [6.07, 6.45) is 2.18. The lowest BCUT2D eigenvalue weighted by Gasteiger charge is -2.09. The molecule has 23 heavy (non-hydrogen) atoms. The summed E-state index contributed by atoms with van der Waals surface area (Å²) in [5.74, 6) is 0.911. The average Bonchev–Trinajstić information content (AvgIpc) is 2.75. The Labute approximate surface area is 136 Å². The second-order valence-electron chi connectivity index (χ2n) is 6.27. The number of fused-ring (bicyclic) bond motifs is 3. The van der Waals surface area contributed by atoms with Gasteiger partial charge in [-0.1, -0.05) is 12.1 Å². The summed E-state index contributed by atoms with van der Waals surface area (Å²) in [7, 11) is 1.71. The van der Waals surface area contributed by atoms with E-state index in [1.54, 1.807) is 7.11 Å². The van der Waals surface area contributed by atoms with Gasteiger partial charge in [-0.25, -0.2) is 0 Å². The summed E-state index contributed by atoms with van der Waals surface area (Å²) in [6.45, 7) is 4.26. The molecule has 2 N–H and O–H groups in total. The minimum atomic E-state index is 0.911. The molecule has 1 aliphatic heterocycles. The van der Waals surface area contributed by atoms with Crippen molar-refractivity contribution in [2.75, 3.05) is 20.2 Å². The van der Waals surface area contributed by atoms with Crippen molar-refractivity contribution >= 4 is 10.9 Å². The number of nitrogens with one attached hydrogen (secondary N) is 2. The van der Waals surface area contributed by atoms with Gasteiger partial charge in [0.05, 0.1) is 7.11 Å². The molecule has 118 valence electrons. The van der Waals surface area contributed by atoms with Gasteiger partial charge in [0, 0.05) is 29.6 Å². The predicted octanol–water partition coefficient (Wildman–Crippen LogP) is 3.84. The van der Waals surface area contributed by atoms with Crippen molar-refractivity contribution in [2.24, 2.45) is 0 Å². The number of aromatic amines is 1. The van der Waals surface area contributed by atoms with Crippen LogP contribution in [0, 0.1) is 6.92 Å². The Morgan fingerprint density at radius 2 is 1.87 bits per heavy atom. The number of aryl methyl sites for hydroxylation is 1. The third kappa shape index (κ3) is 2.51. The maximum absolute atomic E-state index is 5.32. The Kier molecular flexibility index (Phi) is 3.58. The molecule has 2 aromatic carbocycles. The van der Waals surface area contributed by atoms with Crippen LogP contribution in [0.15, 0.2) is 36.4 Å². The van der Waals surface area contributed by atoms with E-state index in [9.17, 15) is 0 Å². The first-order valence-corrected chi connectivity index (χ1v) is 8.25. The third-order valence-electron chi connectivity index (χ3n) is 4.84. The molecule has 0 spiro atoms. The van der Waals surface area contributed by atoms with Gasteiger partial charge in [0.2, 0.25) is 0 Å². The molecular formula is C20H22N2O. The summed E-state index contributed by atoms with van der Waals surface area (Å²) in [4.78, 5) is 3.61. The molecule has 0 aliphatic carbocycles. The minimum absolute atomic E-state index is 0.911. The molecular weight excluding hydrogens is 284 g/mol. The van der Waals surface area contributed by atoms with Crippen LogP contribution in [0.3, 0.4) is 0 Å².